The Bertz CT molecular complexity index is 1370. The molecule has 0 aliphatic rings. The summed E-state index contributed by atoms with van der Waals surface area (Å²) in [6.45, 7) is 1.60. The standard InChI is InChI=1S/C19H11F3N6/c1-10-6-12(19(20,21)22)7-14-15(10)25-17(18-27-24-9-28(14)18)16-13-5-3-2-4-11(13)8-23-26-16/h2-9H,1H3. The number of halogens is 3. The number of fused-ring (bicyclic) bond motifs is 4. The minimum absolute atomic E-state index is 0.282. The summed E-state index contributed by atoms with van der Waals surface area (Å²) >= 11 is 0. The molecule has 5 aromatic rings. The molecule has 0 bridgehead atoms. The molecule has 138 valence electrons. The number of benzene rings is 2. The maximum absolute atomic E-state index is 13.3. The van der Waals surface area contributed by atoms with Crippen molar-refractivity contribution < 1.29 is 13.2 Å². The second kappa shape index (κ2) is 5.69. The van der Waals surface area contributed by atoms with Gasteiger partial charge in [-0.1, -0.05) is 24.3 Å². The molecule has 0 spiro atoms. The summed E-state index contributed by atoms with van der Waals surface area (Å²) in [7, 11) is 0. The van der Waals surface area contributed by atoms with E-state index in [9.17, 15) is 13.2 Å². The molecule has 28 heavy (non-hydrogen) atoms. The maximum atomic E-state index is 13.3. The van der Waals surface area contributed by atoms with Crippen LogP contribution >= 0.6 is 0 Å². The van der Waals surface area contributed by atoms with E-state index in [2.05, 4.69) is 25.4 Å². The number of aromatic nitrogens is 6. The first-order valence-electron chi connectivity index (χ1n) is 8.35. The lowest BCUT2D eigenvalue weighted by molar-refractivity contribution is -0.137. The van der Waals surface area contributed by atoms with E-state index in [1.165, 1.54) is 10.7 Å². The van der Waals surface area contributed by atoms with Gasteiger partial charge in [-0.05, 0) is 24.6 Å². The number of alkyl halides is 3. The van der Waals surface area contributed by atoms with Crippen molar-refractivity contribution in [1.82, 2.24) is 29.8 Å². The van der Waals surface area contributed by atoms with Crippen LogP contribution in [0, 0.1) is 6.92 Å². The van der Waals surface area contributed by atoms with E-state index in [-0.39, 0.29) is 5.52 Å². The Morgan fingerprint density at radius 1 is 0.964 bits per heavy atom. The molecular formula is C19H11F3N6. The van der Waals surface area contributed by atoms with Crippen molar-refractivity contribution in [3.8, 4) is 11.4 Å². The van der Waals surface area contributed by atoms with Crippen molar-refractivity contribution >= 4 is 27.5 Å². The number of nitrogens with zero attached hydrogens (tertiary/aromatic N) is 6. The van der Waals surface area contributed by atoms with E-state index in [1.54, 1.807) is 13.1 Å². The number of aryl methyl sites for hydroxylation is 1. The first kappa shape index (κ1) is 16.5. The topological polar surface area (TPSA) is 68.9 Å². The van der Waals surface area contributed by atoms with Crippen LogP contribution in [0.1, 0.15) is 11.1 Å². The average Bonchev–Trinajstić information content (AvgIpc) is 3.16. The van der Waals surface area contributed by atoms with Gasteiger partial charge in [0.1, 0.15) is 17.7 Å². The Kier molecular flexibility index (Phi) is 3.36. The van der Waals surface area contributed by atoms with Crippen LogP contribution in [0.15, 0.2) is 48.9 Å². The number of rotatable bonds is 1. The van der Waals surface area contributed by atoms with E-state index < -0.39 is 11.7 Å². The fraction of sp³-hybridized carbons (Fsp3) is 0.105. The first-order valence-corrected chi connectivity index (χ1v) is 8.35. The summed E-state index contributed by atoms with van der Waals surface area (Å²) in [5.74, 6) is 0. The summed E-state index contributed by atoms with van der Waals surface area (Å²) in [6.07, 6.45) is -1.44. The van der Waals surface area contributed by atoms with Gasteiger partial charge in [-0.15, -0.1) is 15.3 Å². The average molecular weight is 380 g/mol. The Morgan fingerprint density at radius 3 is 2.61 bits per heavy atom. The zero-order valence-electron chi connectivity index (χ0n) is 14.4. The van der Waals surface area contributed by atoms with Crippen LogP contribution in [-0.2, 0) is 6.18 Å². The molecule has 0 amide bonds. The predicted molar refractivity (Wildman–Crippen MR) is 96.6 cm³/mol. The molecule has 9 heteroatoms. The van der Waals surface area contributed by atoms with Gasteiger partial charge < -0.3 is 0 Å². The van der Waals surface area contributed by atoms with E-state index >= 15 is 0 Å². The minimum Gasteiger partial charge on any atom is -0.278 e. The highest BCUT2D eigenvalue weighted by atomic mass is 19.4. The highest BCUT2D eigenvalue weighted by Crippen LogP contribution is 2.35. The molecule has 0 aliphatic carbocycles. The third kappa shape index (κ3) is 2.39. The van der Waals surface area contributed by atoms with Crippen molar-refractivity contribution in [2.24, 2.45) is 0 Å². The monoisotopic (exact) mass is 380 g/mol. The number of hydrogen-bond donors (Lipinski definition) is 0. The summed E-state index contributed by atoms with van der Waals surface area (Å²) in [6, 6.07) is 9.69. The van der Waals surface area contributed by atoms with Gasteiger partial charge in [-0.3, -0.25) is 4.40 Å². The molecule has 0 unspecified atom stereocenters. The summed E-state index contributed by atoms with van der Waals surface area (Å²) in [5, 5.41) is 17.9. The van der Waals surface area contributed by atoms with E-state index in [4.69, 9.17) is 0 Å². The van der Waals surface area contributed by atoms with Gasteiger partial charge in [-0.25, -0.2) is 4.98 Å². The molecule has 0 aliphatic heterocycles. The van der Waals surface area contributed by atoms with Gasteiger partial charge in [0.25, 0.3) is 0 Å². The van der Waals surface area contributed by atoms with Crippen LogP contribution in [0.2, 0.25) is 0 Å². The van der Waals surface area contributed by atoms with Crippen LogP contribution < -0.4 is 0 Å². The Balaban J connectivity index is 1.91. The zero-order chi connectivity index (χ0) is 19.5. The summed E-state index contributed by atoms with van der Waals surface area (Å²) < 4.78 is 41.3. The molecule has 0 saturated heterocycles. The van der Waals surface area contributed by atoms with Gasteiger partial charge in [0, 0.05) is 10.8 Å². The van der Waals surface area contributed by atoms with Crippen molar-refractivity contribution in [1.29, 1.82) is 0 Å². The molecule has 0 radical (unpaired) electrons. The van der Waals surface area contributed by atoms with Crippen molar-refractivity contribution in [3.63, 3.8) is 0 Å². The Morgan fingerprint density at radius 2 is 1.79 bits per heavy atom. The second-order valence-corrected chi connectivity index (χ2v) is 6.42. The third-order valence-corrected chi connectivity index (χ3v) is 4.65. The lowest BCUT2D eigenvalue weighted by Gasteiger charge is -2.13. The van der Waals surface area contributed by atoms with Crippen LogP contribution in [0.25, 0.3) is 38.8 Å². The lowest BCUT2D eigenvalue weighted by Crippen LogP contribution is -2.07. The van der Waals surface area contributed by atoms with Crippen molar-refractivity contribution in [3.05, 3.63) is 60.0 Å². The van der Waals surface area contributed by atoms with Crippen LogP contribution in [0.3, 0.4) is 0 Å². The van der Waals surface area contributed by atoms with Crippen molar-refractivity contribution in [2.45, 2.75) is 13.1 Å². The quantitative estimate of drug-likeness (QED) is 0.436. The summed E-state index contributed by atoms with van der Waals surface area (Å²) in [4.78, 5) is 4.63. The van der Waals surface area contributed by atoms with Gasteiger partial charge >= 0.3 is 6.18 Å². The molecular weight excluding hydrogens is 369 g/mol. The fourth-order valence-electron chi connectivity index (χ4n) is 3.35. The van der Waals surface area contributed by atoms with E-state index in [0.29, 0.717) is 28.1 Å². The molecule has 3 heterocycles. The normalized spacial score (nSPS) is 12.3. The predicted octanol–water partition coefficient (Wildman–Crippen LogP) is 4.21. The highest BCUT2D eigenvalue weighted by molar-refractivity contribution is 5.97. The highest BCUT2D eigenvalue weighted by Gasteiger charge is 2.32. The fourth-order valence-corrected chi connectivity index (χ4v) is 3.35. The van der Waals surface area contributed by atoms with Crippen LogP contribution in [0.4, 0.5) is 13.2 Å². The lowest BCUT2D eigenvalue weighted by atomic mass is 10.1. The van der Waals surface area contributed by atoms with Gasteiger partial charge in [-0.2, -0.15) is 18.3 Å². The maximum Gasteiger partial charge on any atom is 0.416 e. The molecule has 6 nitrogen and oxygen atoms in total. The van der Waals surface area contributed by atoms with Gasteiger partial charge in [0.2, 0.25) is 0 Å². The minimum atomic E-state index is -4.46. The molecule has 0 N–H and O–H groups in total. The molecule has 5 rings (SSSR count). The molecule has 3 aromatic heterocycles. The van der Waals surface area contributed by atoms with E-state index in [1.807, 2.05) is 24.3 Å². The molecule has 0 saturated carbocycles. The van der Waals surface area contributed by atoms with Gasteiger partial charge in [0.05, 0.1) is 22.8 Å². The number of hydrogen-bond acceptors (Lipinski definition) is 5. The van der Waals surface area contributed by atoms with Crippen LogP contribution in [-0.4, -0.2) is 29.8 Å². The Labute approximate surface area is 155 Å². The third-order valence-electron chi connectivity index (χ3n) is 4.65. The molecule has 0 fully saturated rings. The van der Waals surface area contributed by atoms with Crippen molar-refractivity contribution in [2.75, 3.05) is 0 Å². The molecule has 2 aromatic carbocycles. The van der Waals surface area contributed by atoms with Crippen LogP contribution in [0.5, 0.6) is 0 Å². The molecule has 0 atom stereocenters. The summed E-state index contributed by atoms with van der Waals surface area (Å²) in [5.41, 5.74) is 1.59. The zero-order valence-corrected chi connectivity index (χ0v) is 14.4. The van der Waals surface area contributed by atoms with Gasteiger partial charge in [0.15, 0.2) is 5.65 Å². The van der Waals surface area contributed by atoms with E-state index in [0.717, 1.165) is 22.9 Å². The SMILES string of the molecule is Cc1cc(C(F)(F)F)cc2c1nc(-c1nncc3ccccc13)c1nncn12. The smallest absolute Gasteiger partial charge is 0.278 e. The second-order valence-electron chi connectivity index (χ2n) is 6.42. The largest absolute Gasteiger partial charge is 0.416 e. The Hall–Kier alpha value is -3.62. The first-order chi connectivity index (χ1) is 13.4.